The first kappa shape index (κ1) is 42.6. The largest absolute Gasteiger partial charge is 0.488 e. The number of carboxylic acid groups (broad SMARTS) is 2. The van der Waals surface area contributed by atoms with Crippen LogP contribution in [0.15, 0.2) is 79.2 Å². The minimum atomic E-state index is -1.71. The van der Waals surface area contributed by atoms with Gasteiger partial charge in [-0.15, -0.1) is 11.6 Å². The lowest BCUT2D eigenvalue weighted by molar-refractivity contribution is -0.163. The molecule has 0 saturated carbocycles. The van der Waals surface area contributed by atoms with Gasteiger partial charge in [-0.25, -0.2) is 4.79 Å². The molecule has 13 nitrogen and oxygen atoms in total. The summed E-state index contributed by atoms with van der Waals surface area (Å²) in [4.78, 5) is 28.4. The van der Waals surface area contributed by atoms with E-state index in [1.165, 1.54) is 13.1 Å². The van der Waals surface area contributed by atoms with Crippen LogP contribution in [0.4, 0.5) is 0 Å². The fourth-order valence-electron chi connectivity index (χ4n) is 6.56. The zero-order chi connectivity index (χ0) is 40.6. The third-order valence-corrected chi connectivity index (χ3v) is 11.2. The molecule has 1 fully saturated rings. The summed E-state index contributed by atoms with van der Waals surface area (Å²) in [5.74, 6) is -1.91. The zero-order valence-electron chi connectivity index (χ0n) is 31.2. The van der Waals surface area contributed by atoms with Gasteiger partial charge in [-0.1, -0.05) is 54.1 Å². The molecule has 1 saturated heterocycles. The Hall–Kier alpha value is -4.52. The van der Waals surface area contributed by atoms with Crippen molar-refractivity contribution in [2.75, 3.05) is 39.5 Å². The molecule has 5 rings (SSSR count). The number of ether oxygens (including phenoxy) is 3. The minimum absolute atomic E-state index is 0.0141. The van der Waals surface area contributed by atoms with Crippen molar-refractivity contribution < 1.29 is 44.2 Å². The molecule has 2 unspecified atom stereocenters. The summed E-state index contributed by atoms with van der Waals surface area (Å²) in [7, 11) is 0. The number of piperidine rings is 1. The highest BCUT2D eigenvalue weighted by molar-refractivity contribution is 6.32. The van der Waals surface area contributed by atoms with Crippen molar-refractivity contribution in [2.45, 2.75) is 67.9 Å². The van der Waals surface area contributed by atoms with Crippen LogP contribution in [-0.2, 0) is 27.5 Å². The third kappa shape index (κ3) is 9.70. The zero-order valence-corrected chi connectivity index (χ0v) is 32.7. The van der Waals surface area contributed by atoms with Crippen LogP contribution in [0.3, 0.4) is 0 Å². The average molecular weight is 810 g/mol. The van der Waals surface area contributed by atoms with Crippen LogP contribution in [-0.4, -0.2) is 103 Å². The van der Waals surface area contributed by atoms with Gasteiger partial charge in [0.05, 0.1) is 17.2 Å². The summed E-state index contributed by atoms with van der Waals surface area (Å²) in [5.41, 5.74) is -1.42. The van der Waals surface area contributed by atoms with Crippen molar-refractivity contribution in [3.05, 3.63) is 106 Å². The maximum Gasteiger partial charge on any atom is 0.335 e. The van der Waals surface area contributed by atoms with Gasteiger partial charge in [-0.3, -0.25) is 15.1 Å². The van der Waals surface area contributed by atoms with Crippen LogP contribution in [0.1, 0.15) is 55.4 Å². The van der Waals surface area contributed by atoms with Crippen molar-refractivity contribution >= 4 is 40.7 Å². The number of pyridine rings is 1. The quantitative estimate of drug-likeness (QED) is 0.0833. The summed E-state index contributed by atoms with van der Waals surface area (Å²) >= 11 is 14.4. The monoisotopic (exact) mass is 808 g/mol. The molecule has 0 bridgehead atoms. The van der Waals surface area contributed by atoms with Crippen molar-refractivity contribution in [2.24, 2.45) is 0 Å². The van der Waals surface area contributed by atoms with Gasteiger partial charge < -0.3 is 39.5 Å². The molecule has 0 radical (unpaired) electrons. The van der Waals surface area contributed by atoms with Crippen LogP contribution in [0.5, 0.6) is 11.5 Å². The second-order valence-electron chi connectivity index (χ2n) is 14.4. The highest BCUT2D eigenvalue weighted by Crippen LogP contribution is 2.48. The molecule has 56 heavy (non-hydrogen) atoms. The van der Waals surface area contributed by atoms with Crippen molar-refractivity contribution in [3.63, 3.8) is 0 Å². The highest BCUT2D eigenvalue weighted by atomic mass is 35.5. The molecule has 1 aromatic heterocycles. The molecule has 1 aliphatic carbocycles. The standard InChI is InChI=1S/C41H46Cl2N4O9/c1-38(26-48,36(49)50)46-24-31-19-33(42)35(20-34(31)54-25-29-18-28(21-44)22-45-23-29)55-27-41(11-6-10-32(39(41,2)43)30-8-4-3-5-9-30)56-17-7-14-47-15-12-40(53,13-16-47)37(51)52/h3-6,8-11,18-20,22-23,46,48,53H,7,12-17,24-27H2,1-2H3,(H,49,50)(H,51,52)/t38?,39-,41?/m1/s1. The number of nitriles is 1. The molecule has 2 aromatic carbocycles. The highest BCUT2D eigenvalue weighted by Gasteiger charge is 2.51. The lowest BCUT2D eigenvalue weighted by Crippen LogP contribution is -2.55. The second kappa shape index (κ2) is 18.2. The van der Waals surface area contributed by atoms with E-state index in [0.29, 0.717) is 48.5 Å². The lowest BCUT2D eigenvalue weighted by Gasteiger charge is -2.45. The fraction of sp³-hybridized carbons (Fsp3) is 0.415. The third-order valence-electron chi connectivity index (χ3n) is 10.4. The van der Waals surface area contributed by atoms with E-state index in [9.17, 15) is 35.3 Å². The molecule has 1 aliphatic heterocycles. The van der Waals surface area contributed by atoms with Gasteiger partial charge in [0, 0.05) is 62.4 Å². The van der Waals surface area contributed by atoms with Crippen LogP contribution in [0, 0.1) is 11.3 Å². The number of nitrogens with zero attached hydrogens (tertiary/aromatic N) is 3. The number of benzene rings is 2. The van der Waals surface area contributed by atoms with Gasteiger partial charge in [0.15, 0.2) is 5.60 Å². The number of aliphatic hydroxyl groups is 2. The predicted molar refractivity (Wildman–Crippen MR) is 210 cm³/mol. The molecular weight excluding hydrogens is 763 g/mol. The molecule has 3 aromatic rings. The number of carboxylic acids is 2. The summed E-state index contributed by atoms with van der Waals surface area (Å²) in [6.45, 7) is 4.21. The van der Waals surface area contributed by atoms with E-state index in [0.717, 1.165) is 11.1 Å². The van der Waals surface area contributed by atoms with Gasteiger partial charge in [0.1, 0.15) is 46.8 Å². The van der Waals surface area contributed by atoms with E-state index in [2.05, 4.69) is 21.3 Å². The Balaban J connectivity index is 1.40. The predicted octanol–water partition coefficient (Wildman–Crippen LogP) is 5.20. The lowest BCUT2D eigenvalue weighted by atomic mass is 9.76. The fourth-order valence-corrected chi connectivity index (χ4v) is 7.14. The Morgan fingerprint density at radius 2 is 1.82 bits per heavy atom. The van der Waals surface area contributed by atoms with E-state index < -0.39 is 40.2 Å². The maximum atomic E-state index is 11.9. The molecule has 5 N–H and O–H groups in total. The van der Waals surface area contributed by atoms with E-state index in [4.69, 9.17) is 37.4 Å². The Morgan fingerprint density at radius 3 is 2.48 bits per heavy atom. The number of hydrogen-bond donors (Lipinski definition) is 5. The number of likely N-dealkylation sites (tertiary alicyclic amines) is 1. The van der Waals surface area contributed by atoms with Crippen LogP contribution < -0.4 is 14.8 Å². The Morgan fingerprint density at radius 1 is 1.09 bits per heavy atom. The number of hydrogen-bond acceptors (Lipinski definition) is 11. The second-order valence-corrected chi connectivity index (χ2v) is 15.6. The van der Waals surface area contributed by atoms with Crippen molar-refractivity contribution in [1.82, 2.24) is 15.2 Å². The average Bonchev–Trinajstić information content (AvgIpc) is 3.19. The summed E-state index contributed by atoms with van der Waals surface area (Å²) in [6.07, 6.45) is 9.54. The normalized spacial score (nSPS) is 21.7. The van der Waals surface area contributed by atoms with Gasteiger partial charge in [0.25, 0.3) is 0 Å². The molecule has 0 spiro atoms. The summed E-state index contributed by atoms with van der Waals surface area (Å²) in [5, 5.41) is 51.7. The number of allylic oxidation sites excluding steroid dienone is 2. The van der Waals surface area contributed by atoms with Gasteiger partial charge in [-0.05, 0) is 62.5 Å². The molecule has 2 heterocycles. The number of carbonyl (C=O) groups is 2. The first-order valence-electron chi connectivity index (χ1n) is 18.1. The molecule has 298 valence electrons. The number of aliphatic carboxylic acids is 2. The van der Waals surface area contributed by atoms with Crippen LogP contribution in [0.25, 0.3) is 5.57 Å². The van der Waals surface area contributed by atoms with Crippen LogP contribution in [0.2, 0.25) is 5.02 Å². The van der Waals surface area contributed by atoms with E-state index >= 15 is 0 Å². The number of rotatable bonds is 18. The minimum Gasteiger partial charge on any atom is -0.488 e. The topological polar surface area (TPSA) is 195 Å². The van der Waals surface area contributed by atoms with Gasteiger partial charge in [0.2, 0.25) is 0 Å². The summed E-state index contributed by atoms with van der Waals surface area (Å²) < 4.78 is 19.4. The van der Waals surface area contributed by atoms with E-state index in [-0.39, 0.29) is 50.0 Å². The SMILES string of the molecule is CC(CO)(NCc1cc(Cl)c(OCC2(OCCCN3CCC(O)(C(=O)O)CC3)C=CC=C(c3ccccc3)[C@@]2(C)Cl)cc1OCc1cncc(C#N)c1)C(=O)O. The number of aliphatic hydroxyl groups excluding tert-OH is 1. The van der Waals surface area contributed by atoms with E-state index in [1.807, 2.05) is 55.5 Å². The van der Waals surface area contributed by atoms with Gasteiger partial charge >= 0.3 is 11.9 Å². The van der Waals surface area contributed by atoms with Crippen molar-refractivity contribution in [1.29, 1.82) is 5.26 Å². The summed E-state index contributed by atoms with van der Waals surface area (Å²) in [6, 6.07) is 16.6. The maximum absolute atomic E-state index is 11.9. The van der Waals surface area contributed by atoms with Gasteiger partial charge in [-0.2, -0.15) is 5.26 Å². The van der Waals surface area contributed by atoms with Crippen LogP contribution >= 0.6 is 23.2 Å². The Bertz CT molecular complexity index is 1980. The Kier molecular flexibility index (Phi) is 13.8. The first-order chi connectivity index (χ1) is 26.6. The molecule has 3 atom stereocenters. The molecular formula is C41H46Cl2N4O9. The molecule has 15 heteroatoms. The first-order valence-corrected chi connectivity index (χ1v) is 18.9. The Labute approximate surface area is 335 Å². The molecule has 2 aliphatic rings. The number of nitrogens with one attached hydrogen (secondary N) is 1. The number of aromatic nitrogens is 1. The van der Waals surface area contributed by atoms with Crippen molar-refractivity contribution in [3.8, 4) is 17.6 Å². The molecule has 0 amide bonds. The number of alkyl halides is 1. The van der Waals surface area contributed by atoms with E-state index in [1.54, 1.807) is 24.4 Å². The number of halogens is 2. The smallest absolute Gasteiger partial charge is 0.335 e.